The van der Waals surface area contributed by atoms with Gasteiger partial charge in [-0.05, 0) is 54.7 Å². The number of aromatic nitrogens is 3. The molecule has 144 valence electrons. The van der Waals surface area contributed by atoms with Gasteiger partial charge in [0.1, 0.15) is 0 Å². The maximum atomic E-state index is 13.0. The highest BCUT2D eigenvalue weighted by molar-refractivity contribution is 5.88. The predicted octanol–water partition coefficient (Wildman–Crippen LogP) is 3.97. The lowest BCUT2D eigenvalue weighted by Crippen LogP contribution is -2.46. The number of nitrogens with zero attached hydrogens (tertiary/aromatic N) is 4. The van der Waals surface area contributed by atoms with E-state index in [1.807, 2.05) is 30.3 Å². The van der Waals surface area contributed by atoms with E-state index in [0.717, 1.165) is 46.4 Å². The number of carbonyl (C=O) groups is 1. The number of aryl methyl sites for hydroxylation is 1. The van der Waals surface area contributed by atoms with E-state index < -0.39 is 0 Å². The molecule has 2 bridgehead atoms. The SMILES string of the molecule is CC1C[C@H]2CC[C@@H](C1)N2C(=O)Cc1cc2cc(-c3cnn(C)c3)ccc2cn1. The van der Waals surface area contributed by atoms with E-state index in [-0.39, 0.29) is 5.91 Å². The third kappa shape index (κ3) is 3.09. The van der Waals surface area contributed by atoms with Gasteiger partial charge in [0.25, 0.3) is 0 Å². The zero-order chi connectivity index (χ0) is 19.3. The molecule has 2 aliphatic heterocycles. The highest BCUT2D eigenvalue weighted by Gasteiger charge is 2.41. The molecule has 1 unspecified atom stereocenters. The van der Waals surface area contributed by atoms with Gasteiger partial charge in [-0.25, -0.2) is 0 Å². The molecule has 0 aliphatic carbocycles. The Morgan fingerprint density at radius 1 is 1.07 bits per heavy atom. The number of carbonyl (C=O) groups excluding carboxylic acids is 1. The smallest absolute Gasteiger partial charge is 0.229 e. The van der Waals surface area contributed by atoms with Crippen LogP contribution in [-0.2, 0) is 18.3 Å². The fourth-order valence-electron chi connectivity index (χ4n) is 5.14. The molecule has 1 aromatic carbocycles. The molecule has 0 saturated carbocycles. The molecule has 5 nitrogen and oxygen atoms in total. The van der Waals surface area contributed by atoms with Crippen LogP contribution in [0.5, 0.6) is 0 Å². The number of hydrogen-bond acceptors (Lipinski definition) is 3. The Morgan fingerprint density at radius 2 is 1.86 bits per heavy atom. The molecule has 4 heterocycles. The van der Waals surface area contributed by atoms with E-state index in [9.17, 15) is 4.79 Å². The summed E-state index contributed by atoms with van der Waals surface area (Å²) in [5.74, 6) is 0.987. The van der Waals surface area contributed by atoms with Crippen LogP contribution < -0.4 is 0 Å². The fraction of sp³-hybridized carbons (Fsp3) is 0.435. The lowest BCUT2D eigenvalue weighted by Gasteiger charge is -2.38. The molecule has 2 aliphatic rings. The van der Waals surface area contributed by atoms with Crippen molar-refractivity contribution in [3.05, 3.63) is 48.5 Å². The Bertz CT molecular complexity index is 1030. The van der Waals surface area contributed by atoms with Gasteiger partial charge < -0.3 is 4.90 Å². The molecule has 5 heteroatoms. The van der Waals surface area contributed by atoms with Crippen LogP contribution in [0.3, 0.4) is 0 Å². The van der Waals surface area contributed by atoms with Crippen molar-refractivity contribution < 1.29 is 4.79 Å². The highest BCUT2D eigenvalue weighted by atomic mass is 16.2. The van der Waals surface area contributed by atoms with Crippen molar-refractivity contribution in [2.75, 3.05) is 0 Å². The predicted molar refractivity (Wildman–Crippen MR) is 110 cm³/mol. The number of pyridine rings is 1. The zero-order valence-corrected chi connectivity index (χ0v) is 16.5. The number of rotatable bonds is 3. The van der Waals surface area contributed by atoms with E-state index >= 15 is 0 Å². The summed E-state index contributed by atoms with van der Waals surface area (Å²) in [7, 11) is 1.92. The van der Waals surface area contributed by atoms with Crippen LogP contribution in [0.4, 0.5) is 0 Å². The number of piperidine rings is 1. The van der Waals surface area contributed by atoms with Crippen molar-refractivity contribution in [3.8, 4) is 11.1 Å². The molecule has 28 heavy (non-hydrogen) atoms. The van der Waals surface area contributed by atoms with Gasteiger partial charge in [0.05, 0.1) is 18.3 Å². The quantitative estimate of drug-likeness (QED) is 0.697. The molecular weight excluding hydrogens is 348 g/mol. The first-order chi connectivity index (χ1) is 13.6. The Morgan fingerprint density at radius 3 is 2.57 bits per heavy atom. The molecule has 0 radical (unpaired) electrons. The monoisotopic (exact) mass is 374 g/mol. The largest absolute Gasteiger partial charge is 0.336 e. The summed E-state index contributed by atoms with van der Waals surface area (Å²) in [5, 5.41) is 6.47. The van der Waals surface area contributed by atoms with Gasteiger partial charge in [-0.15, -0.1) is 0 Å². The Kier molecular flexibility index (Phi) is 4.18. The number of fused-ring (bicyclic) bond motifs is 3. The van der Waals surface area contributed by atoms with Crippen LogP contribution in [0.25, 0.3) is 21.9 Å². The standard InChI is InChI=1S/C23H26N4O/c1-15-7-21-5-6-22(8-15)27(21)23(28)11-20-10-18-9-16(3-4-17(18)12-24-20)19-13-25-26(2)14-19/h3-4,9-10,12-15,21-22H,5-8,11H2,1-2H3/t15?,21-,22+. The van der Waals surface area contributed by atoms with Crippen LogP contribution in [0.2, 0.25) is 0 Å². The Hall–Kier alpha value is -2.69. The van der Waals surface area contributed by atoms with Crippen LogP contribution >= 0.6 is 0 Å². The average molecular weight is 374 g/mol. The molecule has 0 N–H and O–H groups in total. The third-order valence-corrected chi connectivity index (χ3v) is 6.41. The van der Waals surface area contributed by atoms with E-state index in [4.69, 9.17) is 0 Å². The van der Waals surface area contributed by atoms with E-state index in [0.29, 0.717) is 18.5 Å². The summed E-state index contributed by atoms with van der Waals surface area (Å²) >= 11 is 0. The lowest BCUT2D eigenvalue weighted by atomic mass is 9.92. The first kappa shape index (κ1) is 17.4. The summed E-state index contributed by atoms with van der Waals surface area (Å²) < 4.78 is 1.81. The maximum absolute atomic E-state index is 13.0. The molecule has 5 rings (SSSR count). The molecule has 3 atom stereocenters. The summed E-state index contributed by atoms with van der Waals surface area (Å²) in [6, 6.07) is 9.30. The van der Waals surface area contributed by atoms with Gasteiger partial charge in [-0.3, -0.25) is 14.5 Å². The van der Waals surface area contributed by atoms with Gasteiger partial charge in [0.2, 0.25) is 5.91 Å². The van der Waals surface area contributed by atoms with Crippen molar-refractivity contribution >= 4 is 16.7 Å². The second kappa shape index (κ2) is 6.73. The zero-order valence-electron chi connectivity index (χ0n) is 16.5. The summed E-state index contributed by atoms with van der Waals surface area (Å²) in [5.41, 5.74) is 3.09. The van der Waals surface area contributed by atoms with Gasteiger partial charge in [-0.1, -0.05) is 19.1 Å². The maximum Gasteiger partial charge on any atom is 0.229 e. The molecule has 2 fully saturated rings. The molecular formula is C23H26N4O. The molecule has 2 aromatic heterocycles. The van der Waals surface area contributed by atoms with Crippen LogP contribution in [0.1, 0.15) is 38.3 Å². The van der Waals surface area contributed by atoms with Crippen LogP contribution in [0.15, 0.2) is 42.9 Å². The first-order valence-corrected chi connectivity index (χ1v) is 10.3. The third-order valence-electron chi connectivity index (χ3n) is 6.41. The normalized spacial score (nSPS) is 24.1. The van der Waals surface area contributed by atoms with Crippen LogP contribution in [0, 0.1) is 5.92 Å². The minimum atomic E-state index is 0.245. The average Bonchev–Trinajstić information content (AvgIpc) is 3.22. The summed E-state index contributed by atoms with van der Waals surface area (Å²) in [6.45, 7) is 2.32. The molecule has 1 amide bonds. The van der Waals surface area contributed by atoms with Gasteiger partial charge in [-0.2, -0.15) is 5.10 Å². The Labute approximate surface area is 165 Å². The van der Waals surface area contributed by atoms with Crippen LogP contribution in [-0.4, -0.2) is 37.7 Å². The molecule has 0 spiro atoms. The van der Waals surface area contributed by atoms with Crippen molar-refractivity contribution in [3.63, 3.8) is 0 Å². The number of hydrogen-bond donors (Lipinski definition) is 0. The second-order valence-electron chi connectivity index (χ2n) is 8.58. The van der Waals surface area contributed by atoms with E-state index in [1.54, 1.807) is 0 Å². The molecule has 3 aromatic rings. The number of benzene rings is 1. The minimum Gasteiger partial charge on any atom is -0.336 e. The van der Waals surface area contributed by atoms with Gasteiger partial charge >= 0.3 is 0 Å². The summed E-state index contributed by atoms with van der Waals surface area (Å²) in [6.07, 6.45) is 10.8. The molecule has 2 saturated heterocycles. The van der Waals surface area contributed by atoms with Crippen molar-refractivity contribution in [1.29, 1.82) is 0 Å². The fourth-order valence-corrected chi connectivity index (χ4v) is 5.14. The summed E-state index contributed by atoms with van der Waals surface area (Å²) in [4.78, 5) is 19.8. The minimum absolute atomic E-state index is 0.245. The van der Waals surface area contributed by atoms with Crippen molar-refractivity contribution in [2.24, 2.45) is 13.0 Å². The van der Waals surface area contributed by atoms with E-state index in [2.05, 4.69) is 46.2 Å². The number of amides is 1. The van der Waals surface area contributed by atoms with Gasteiger partial charge in [0, 0.05) is 42.5 Å². The first-order valence-electron chi connectivity index (χ1n) is 10.3. The van der Waals surface area contributed by atoms with Crippen molar-refractivity contribution in [1.82, 2.24) is 19.7 Å². The van der Waals surface area contributed by atoms with Gasteiger partial charge in [0.15, 0.2) is 0 Å². The van der Waals surface area contributed by atoms with Crippen molar-refractivity contribution in [2.45, 2.75) is 51.1 Å². The topological polar surface area (TPSA) is 51.0 Å². The highest BCUT2D eigenvalue weighted by Crippen LogP contribution is 2.38. The van der Waals surface area contributed by atoms with E-state index in [1.165, 1.54) is 12.8 Å². The lowest BCUT2D eigenvalue weighted by molar-refractivity contribution is -0.135. The second-order valence-corrected chi connectivity index (χ2v) is 8.58. The Balaban J connectivity index is 1.39.